The van der Waals surface area contributed by atoms with Gasteiger partial charge >= 0.3 is 0 Å². The molecule has 0 saturated heterocycles. The lowest BCUT2D eigenvalue weighted by Gasteiger charge is -2.10. The second kappa shape index (κ2) is 6.13. The maximum absolute atomic E-state index is 13.6. The van der Waals surface area contributed by atoms with Gasteiger partial charge in [-0.1, -0.05) is 15.9 Å². The van der Waals surface area contributed by atoms with Crippen LogP contribution in [-0.2, 0) is 6.54 Å². The highest BCUT2D eigenvalue weighted by molar-refractivity contribution is 9.10. The number of nitro benzene ring substituents is 1. The van der Waals surface area contributed by atoms with Gasteiger partial charge in [0.1, 0.15) is 11.5 Å². The molecule has 0 unspecified atom stereocenters. The van der Waals surface area contributed by atoms with Crippen molar-refractivity contribution in [3.8, 4) is 0 Å². The van der Waals surface area contributed by atoms with Crippen molar-refractivity contribution < 1.29 is 18.1 Å². The first kappa shape index (κ1) is 15.3. The molecule has 21 heavy (non-hydrogen) atoms. The van der Waals surface area contributed by atoms with E-state index in [0.717, 1.165) is 0 Å². The summed E-state index contributed by atoms with van der Waals surface area (Å²) < 4.78 is 41.4. The monoisotopic (exact) mass is 360 g/mol. The molecule has 0 aliphatic rings. The smallest absolute Gasteiger partial charge is 0.275 e. The number of anilines is 1. The minimum absolute atomic E-state index is 0.170. The molecule has 8 heteroatoms. The van der Waals surface area contributed by atoms with Gasteiger partial charge in [0.25, 0.3) is 5.69 Å². The van der Waals surface area contributed by atoms with Crippen LogP contribution in [0.15, 0.2) is 34.8 Å². The summed E-state index contributed by atoms with van der Waals surface area (Å²) in [5, 5.41) is 12.9. The van der Waals surface area contributed by atoms with Crippen molar-refractivity contribution in [2.24, 2.45) is 0 Å². The van der Waals surface area contributed by atoms with E-state index in [-0.39, 0.29) is 12.1 Å². The Morgan fingerprint density at radius 1 is 1.10 bits per heavy atom. The molecule has 2 rings (SSSR count). The van der Waals surface area contributed by atoms with Gasteiger partial charge in [-0.2, -0.15) is 0 Å². The zero-order valence-corrected chi connectivity index (χ0v) is 12.0. The summed E-state index contributed by atoms with van der Waals surface area (Å²) in [7, 11) is 0. The molecule has 0 aliphatic heterocycles. The lowest BCUT2D eigenvalue weighted by atomic mass is 10.2. The summed E-state index contributed by atoms with van der Waals surface area (Å²) in [6, 6.07) is 5.37. The fraction of sp³-hybridized carbons (Fsp3) is 0.0769. The fourth-order valence-electron chi connectivity index (χ4n) is 1.70. The number of nitrogens with zero attached hydrogens (tertiary/aromatic N) is 1. The average molecular weight is 361 g/mol. The number of hydrogen-bond acceptors (Lipinski definition) is 3. The number of halogens is 4. The molecule has 2 aromatic rings. The zero-order valence-electron chi connectivity index (χ0n) is 10.4. The quantitative estimate of drug-likeness (QED) is 0.649. The Morgan fingerprint density at radius 2 is 1.71 bits per heavy atom. The van der Waals surface area contributed by atoms with Gasteiger partial charge in [0.05, 0.1) is 17.1 Å². The third-order valence-corrected chi connectivity index (χ3v) is 3.19. The Balaban J connectivity index is 2.24. The minimum Gasteiger partial charge on any atom is -0.376 e. The molecule has 110 valence electrons. The van der Waals surface area contributed by atoms with Crippen LogP contribution in [0.25, 0.3) is 0 Å². The summed E-state index contributed by atoms with van der Waals surface area (Å²) in [6.07, 6.45) is 0. The molecular weight excluding hydrogens is 353 g/mol. The molecule has 0 heterocycles. The van der Waals surface area contributed by atoms with E-state index in [9.17, 15) is 23.3 Å². The zero-order chi connectivity index (χ0) is 15.6. The van der Waals surface area contributed by atoms with Crippen molar-refractivity contribution in [3.05, 3.63) is 67.9 Å². The van der Waals surface area contributed by atoms with E-state index >= 15 is 0 Å². The largest absolute Gasteiger partial charge is 0.376 e. The van der Waals surface area contributed by atoms with Crippen molar-refractivity contribution >= 4 is 27.3 Å². The first-order valence-electron chi connectivity index (χ1n) is 5.69. The molecule has 0 saturated carbocycles. The van der Waals surface area contributed by atoms with Crippen molar-refractivity contribution in [1.29, 1.82) is 0 Å². The van der Waals surface area contributed by atoms with Crippen LogP contribution in [0.4, 0.5) is 24.5 Å². The van der Waals surface area contributed by atoms with Gasteiger partial charge in [-0.3, -0.25) is 10.1 Å². The lowest BCUT2D eigenvalue weighted by Crippen LogP contribution is -2.06. The standard InChI is InChI=1S/C13H8BrF3N2O2/c14-8-1-2-10(15)7(3-8)6-18-13-11(16)4-9(19(20)21)5-12(13)17/h1-5,18H,6H2. The third-order valence-electron chi connectivity index (χ3n) is 2.70. The van der Waals surface area contributed by atoms with E-state index in [1.807, 2.05) is 0 Å². The minimum atomic E-state index is -1.11. The van der Waals surface area contributed by atoms with E-state index in [1.165, 1.54) is 18.2 Å². The van der Waals surface area contributed by atoms with Gasteiger partial charge in [0.2, 0.25) is 0 Å². The van der Waals surface area contributed by atoms with Crippen molar-refractivity contribution in [2.75, 3.05) is 5.32 Å². The van der Waals surface area contributed by atoms with E-state index < -0.39 is 33.7 Å². The summed E-state index contributed by atoms with van der Waals surface area (Å²) in [5.41, 5.74) is -1.04. The number of nitrogens with one attached hydrogen (secondary N) is 1. The van der Waals surface area contributed by atoms with Crippen LogP contribution < -0.4 is 5.32 Å². The summed E-state index contributed by atoms with van der Waals surface area (Å²) in [6.45, 7) is -0.170. The molecule has 4 nitrogen and oxygen atoms in total. The highest BCUT2D eigenvalue weighted by Crippen LogP contribution is 2.26. The Morgan fingerprint density at radius 3 is 2.29 bits per heavy atom. The number of nitro groups is 1. The van der Waals surface area contributed by atoms with Crippen LogP contribution in [0, 0.1) is 27.6 Å². The van der Waals surface area contributed by atoms with Gasteiger partial charge < -0.3 is 5.32 Å². The van der Waals surface area contributed by atoms with Crippen molar-refractivity contribution in [2.45, 2.75) is 6.54 Å². The lowest BCUT2D eigenvalue weighted by molar-refractivity contribution is -0.385. The first-order valence-corrected chi connectivity index (χ1v) is 6.49. The SMILES string of the molecule is O=[N+]([O-])c1cc(F)c(NCc2cc(Br)ccc2F)c(F)c1. The van der Waals surface area contributed by atoms with E-state index in [4.69, 9.17) is 0 Å². The number of benzene rings is 2. The molecule has 0 spiro atoms. The molecule has 0 fully saturated rings. The molecule has 0 aliphatic carbocycles. The molecule has 0 bridgehead atoms. The topological polar surface area (TPSA) is 55.2 Å². The normalized spacial score (nSPS) is 10.5. The fourth-order valence-corrected chi connectivity index (χ4v) is 2.10. The summed E-state index contributed by atoms with van der Waals surface area (Å²) in [4.78, 5) is 9.58. The van der Waals surface area contributed by atoms with Crippen LogP contribution in [0.3, 0.4) is 0 Å². The van der Waals surface area contributed by atoms with E-state index in [2.05, 4.69) is 21.2 Å². The second-order valence-electron chi connectivity index (χ2n) is 4.13. The maximum atomic E-state index is 13.6. The summed E-state index contributed by atoms with van der Waals surface area (Å²) >= 11 is 3.16. The molecule has 0 radical (unpaired) electrons. The van der Waals surface area contributed by atoms with Gasteiger partial charge in [-0.25, -0.2) is 13.2 Å². The average Bonchev–Trinajstić information content (AvgIpc) is 2.41. The Labute approximate surface area is 125 Å². The van der Waals surface area contributed by atoms with Crippen LogP contribution in [-0.4, -0.2) is 4.92 Å². The number of hydrogen-bond donors (Lipinski definition) is 1. The van der Waals surface area contributed by atoms with Crippen LogP contribution in [0.2, 0.25) is 0 Å². The van der Waals surface area contributed by atoms with E-state index in [1.54, 1.807) is 0 Å². The maximum Gasteiger partial charge on any atom is 0.275 e. The van der Waals surface area contributed by atoms with E-state index in [0.29, 0.717) is 16.6 Å². The van der Waals surface area contributed by atoms with Crippen LogP contribution >= 0.6 is 15.9 Å². The van der Waals surface area contributed by atoms with Crippen molar-refractivity contribution in [3.63, 3.8) is 0 Å². The van der Waals surface area contributed by atoms with Crippen molar-refractivity contribution in [1.82, 2.24) is 0 Å². The van der Waals surface area contributed by atoms with Gasteiger partial charge in [-0.15, -0.1) is 0 Å². The Bertz CT molecular complexity index is 687. The predicted molar refractivity (Wildman–Crippen MR) is 74.4 cm³/mol. The molecule has 0 atom stereocenters. The molecule has 2 aromatic carbocycles. The molecule has 1 N–H and O–H groups in total. The number of rotatable bonds is 4. The first-order chi connectivity index (χ1) is 9.88. The number of non-ortho nitro benzene ring substituents is 1. The van der Waals surface area contributed by atoms with Gasteiger partial charge in [0, 0.05) is 16.6 Å². The highest BCUT2D eigenvalue weighted by Gasteiger charge is 2.17. The molecule has 0 aromatic heterocycles. The third kappa shape index (κ3) is 3.52. The Kier molecular flexibility index (Phi) is 4.46. The predicted octanol–water partition coefficient (Wildman–Crippen LogP) is 4.39. The molecular formula is C13H8BrF3N2O2. The van der Waals surface area contributed by atoms with Gasteiger partial charge in [0.15, 0.2) is 11.6 Å². The van der Waals surface area contributed by atoms with Gasteiger partial charge in [-0.05, 0) is 18.2 Å². The summed E-state index contributed by atoms with van der Waals surface area (Å²) in [5.74, 6) is -2.76. The second-order valence-corrected chi connectivity index (χ2v) is 5.05. The van der Waals surface area contributed by atoms with Crippen LogP contribution in [0.5, 0.6) is 0 Å². The van der Waals surface area contributed by atoms with Crippen LogP contribution in [0.1, 0.15) is 5.56 Å². The Hall–Kier alpha value is -2.09. The highest BCUT2D eigenvalue weighted by atomic mass is 79.9. The molecule has 0 amide bonds.